The number of hydrogen-bond acceptors (Lipinski definition) is 8. The van der Waals surface area contributed by atoms with Crippen molar-refractivity contribution in [3.05, 3.63) is 229 Å². The van der Waals surface area contributed by atoms with Gasteiger partial charge in [0, 0.05) is 43.8 Å². The Bertz CT molecular complexity index is 3810. The first-order valence-electron chi connectivity index (χ1n) is 22.8. The second-order valence-corrected chi connectivity index (χ2v) is 16.9. The van der Waals surface area contributed by atoms with E-state index in [4.69, 9.17) is 34.9 Å². The molecular weight excluding hydrogens is 837 g/mol. The maximum Gasteiger partial charge on any atom is 0.178 e. The number of aromatic nitrogens is 6. The smallest absolute Gasteiger partial charge is 0.178 e. The molecule has 0 bridgehead atoms. The van der Waals surface area contributed by atoms with Crippen molar-refractivity contribution in [2.75, 3.05) is 0 Å². The summed E-state index contributed by atoms with van der Waals surface area (Å²) in [5, 5.41) is 8.18. The summed E-state index contributed by atoms with van der Waals surface area (Å²) in [7, 11) is 0. The Labute approximate surface area is 391 Å². The molecular formula is C58H40N10. The highest BCUT2D eigenvalue weighted by atomic mass is 15.2. The summed E-state index contributed by atoms with van der Waals surface area (Å²) in [6.07, 6.45) is 3.24. The van der Waals surface area contributed by atoms with Gasteiger partial charge >= 0.3 is 0 Å². The zero-order valence-corrected chi connectivity index (χ0v) is 36.6. The number of benzene rings is 7. The molecule has 10 nitrogen and oxygen atoms in total. The lowest BCUT2D eigenvalue weighted by Crippen LogP contribution is -2.34. The van der Waals surface area contributed by atoms with Crippen LogP contribution in [0.25, 0.3) is 78.0 Å². The molecule has 4 aromatic heterocycles. The molecule has 2 aliphatic rings. The first-order chi connectivity index (χ1) is 33.7. The molecule has 11 aromatic rings. The zero-order chi connectivity index (χ0) is 45.0. The average molecular weight is 877 g/mol. The van der Waals surface area contributed by atoms with E-state index in [1.165, 1.54) is 0 Å². The minimum atomic E-state index is -0.475. The van der Waals surface area contributed by atoms with Gasteiger partial charge in [0.25, 0.3) is 0 Å². The maximum atomic E-state index is 5.41. The summed E-state index contributed by atoms with van der Waals surface area (Å²) in [6, 6.07) is 68.4. The van der Waals surface area contributed by atoms with Crippen LogP contribution in [0.4, 0.5) is 0 Å². The van der Waals surface area contributed by atoms with Crippen molar-refractivity contribution in [2.24, 2.45) is 15.0 Å². The molecule has 322 valence electrons. The summed E-state index contributed by atoms with van der Waals surface area (Å²) in [5.41, 5.74) is 9.63. The fraction of sp³-hybridized carbons (Fsp3) is 0.0517. The summed E-state index contributed by atoms with van der Waals surface area (Å²) < 4.78 is 4.58. The summed E-state index contributed by atoms with van der Waals surface area (Å²) in [4.78, 5) is 36.0. The molecule has 0 amide bonds. The Morgan fingerprint density at radius 3 is 1.59 bits per heavy atom. The molecule has 2 aliphatic heterocycles. The third-order valence-corrected chi connectivity index (χ3v) is 12.7. The number of para-hydroxylation sites is 2. The SMILES string of the molecule is C1=C(n2c3ccccc3c3c4c5ccccc5n(-c5cccc(C6N=C(c7ccccc7)N=C(c7ccccc7)N6)n5)c4ccc32)N=C(c2nc(-c3ccccc3)nc(-c3ccccc3)n2)CC1. The van der Waals surface area contributed by atoms with E-state index in [2.05, 4.69) is 105 Å². The summed E-state index contributed by atoms with van der Waals surface area (Å²) in [6.45, 7) is 0. The van der Waals surface area contributed by atoms with Crippen LogP contribution in [-0.4, -0.2) is 46.5 Å². The molecule has 1 unspecified atom stereocenters. The lowest BCUT2D eigenvalue weighted by atomic mass is 10.1. The van der Waals surface area contributed by atoms with Gasteiger partial charge in [0.05, 0.1) is 33.5 Å². The Morgan fingerprint density at radius 1 is 0.426 bits per heavy atom. The molecule has 0 aliphatic carbocycles. The third kappa shape index (κ3) is 6.77. The number of hydrogen-bond donors (Lipinski definition) is 1. The largest absolute Gasteiger partial charge is 0.343 e. The molecule has 1 N–H and O–H groups in total. The second-order valence-electron chi connectivity index (χ2n) is 16.9. The molecule has 0 fully saturated rings. The first-order valence-corrected chi connectivity index (χ1v) is 22.8. The normalized spacial score (nSPS) is 15.0. The van der Waals surface area contributed by atoms with Gasteiger partial charge in [0.2, 0.25) is 0 Å². The number of pyridine rings is 1. The summed E-state index contributed by atoms with van der Waals surface area (Å²) >= 11 is 0. The van der Waals surface area contributed by atoms with Crippen LogP contribution in [0.1, 0.15) is 41.7 Å². The lowest BCUT2D eigenvalue weighted by molar-refractivity contribution is 0.650. The van der Waals surface area contributed by atoms with Gasteiger partial charge in [0.1, 0.15) is 17.5 Å². The number of rotatable bonds is 8. The first kappa shape index (κ1) is 39.2. The number of nitrogens with one attached hydrogen (secondary N) is 1. The molecule has 0 spiro atoms. The van der Waals surface area contributed by atoms with Gasteiger partial charge in [-0.2, -0.15) is 0 Å². The molecule has 10 heteroatoms. The predicted molar refractivity (Wildman–Crippen MR) is 274 cm³/mol. The fourth-order valence-corrected chi connectivity index (χ4v) is 9.61. The van der Waals surface area contributed by atoms with E-state index >= 15 is 0 Å². The highest BCUT2D eigenvalue weighted by molar-refractivity contribution is 6.29. The van der Waals surface area contributed by atoms with Crippen LogP contribution in [0.3, 0.4) is 0 Å². The minimum absolute atomic E-state index is 0.475. The molecule has 0 saturated heterocycles. The van der Waals surface area contributed by atoms with Crippen LogP contribution in [0.15, 0.2) is 221 Å². The Hall–Kier alpha value is -9.15. The Balaban J connectivity index is 0.950. The fourth-order valence-electron chi connectivity index (χ4n) is 9.61. The zero-order valence-electron chi connectivity index (χ0n) is 36.6. The number of aliphatic imine (C=N–C) groups is 3. The standard InChI is InChI=1S/C58H40N10/c1-5-19-37(20-6-1)53-61-54(38-21-7-2-8-22-38)64-57(63-53)43-29-17-33-49(59-43)67-45-31-15-13-27-41(45)51-47(67)35-36-48-52(51)42-28-14-16-32-46(42)68(48)50-34-18-30-44(60-50)58-65-55(39-23-9-3-10-24-39)62-56(66-58)40-25-11-4-12-26-40/h1-17,19-29,31-36,57H,18,30H2,(H,61,63,64). The minimum Gasteiger partial charge on any atom is -0.343 e. The molecule has 0 radical (unpaired) electrons. The highest BCUT2D eigenvalue weighted by Crippen LogP contribution is 2.43. The quantitative estimate of drug-likeness (QED) is 0.163. The van der Waals surface area contributed by atoms with E-state index < -0.39 is 6.17 Å². The van der Waals surface area contributed by atoms with E-state index in [9.17, 15) is 0 Å². The van der Waals surface area contributed by atoms with Crippen LogP contribution < -0.4 is 5.32 Å². The van der Waals surface area contributed by atoms with Crippen molar-refractivity contribution in [1.29, 1.82) is 0 Å². The number of amidine groups is 2. The van der Waals surface area contributed by atoms with Gasteiger partial charge in [0.15, 0.2) is 29.5 Å². The van der Waals surface area contributed by atoms with Crippen molar-refractivity contribution in [3.63, 3.8) is 0 Å². The predicted octanol–water partition coefficient (Wildman–Crippen LogP) is 12.4. The molecule has 68 heavy (non-hydrogen) atoms. The van der Waals surface area contributed by atoms with Crippen molar-refractivity contribution in [3.8, 4) is 28.6 Å². The third-order valence-electron chi connectivity index (χ3n) is 12.7. The van der Waals surface area contributed by atoms with E-state index in [0.29, 0.717) is 29.7 Å². The van der Waals surface area contributed by atoms with Crippen LogP contribution in [0.2, 0.25) is 0 Å². The van der Waals surface area contributed by atoms with Crippen molar-refractivity contribution in [2.45, 2.75) is 19.0 Å². The lowest BCUT2D eigenvalue weighted by Gasteiger charge is -2.23. The molecule has 6 heterocycles. The van der Waals surface area contributed by atoms with Gasteiger partial charge < -0.3 is 5.32 Å². The van der Waals surface area contributed by atoms with Crippen molar-refractivity contribution < 1.29 is 0 Å². The second kappa shape index (κ2) is 16.4. The maximum absolute atomic E-state index is 5.41. The van der Waals surface area contributed by atoms with E-state index in [0.717, 1.165) is 101 Å². The molecule has 0 saturated carbocycles. The molecule has 1 atom stereocenters. The van der Waals surface area contributed by atoms with Crippen LogP contribution in [0.5, 0.6) is 0 Å². The van der Waals surface area contributed by atoms with E-state index in [1.807, 2.05) is 115 Å². The van der Waals surface area contributed by atoms with Gasteiger partial charge in [-0.1, -0.05) is 164 Å². The Morgan fingerprint density at radius 2 is 0.956 bits per heavy atom. The number of allylic oxidation sites excluding steroid dienone is 1. The van der Waals surface area contributed by atoms with Gasteiger partial charge in [-0.3, -0.25) is 9.13 Å². The van der Waals surface area contributed by atoms with Crippen LogP contribution in [-0.2, 0) is 0 Å². The molecule has 13 rings (SSSR count). The van der Waals surface area contributed by atoms with E-state index in [1.54, 1.807) is 0 Å². The van der Waals surface area contributed by atoms with Gasteiger partial charge in [-0.15, -0.1) is 0 Å². The van der Waals surface area contributed by atoms with Crippen LogP contribution in [0, 0.1) is 0 Å². The molecule has 7 aromatic carbocycles. The highest BCUT2D eigenvalue weighted by Gasteiger charge is 2.26. The van der Waals surface area contributed by atoms with Crippen LogP contribution >= 0.6 is 0 Å². The van der Waals surface area contributed by atoms with Gasteiger partial charge in [-0.25, -0.2) is 34.9 Å². The summed E-state index contributed by atoms with van der Waals surface area (Å²) in [5.74, 6) is 4.86. The van der Waals surface area contributed by atoms with Gasteiger partial charge in [-0.05, 0) is 55.3 Å². The number of fused-ring (bicyclic) bond motifs is 7. The van der Waals surface area contributed by atoms with Crippen molar-refractivity contribution >= 4 is 66.8 Å². The average Bonchev–Trinajstić information content (AvgIpc) is 3.95. The monoisotopic (exact) mass is 876 g/mol. The Kier molecular flexibility index (Phi) is 9.45. The number of nitrogens with zero attached hydrogens (tertiary/aromatic N) is 9. The topological polar surface area (TPSA) is 111 Å². The van der Waals surface area contributed by atoms with Crippen molar-refractivity contribution in [1.82, 2.24) is 34.4 Å². The van der Waals surface area contributed by atoms with E-state index in [-0.39, 0.29) is 0 Å².